The molecule has 0 spiro atoms. The van der Waals surface area contributed by atoms with Crippen molar-refractivity contribution in [1.82, 2.24) is 9.80 Å². The minimum Gasteiger partial charge on any atom is -0.308 e. The van der Waals surface area contributed by atoms with Crippen LogP contribution in [0.1, 0.15) is 33.6 Å². The van der Waals surface area contributed by atoms with Crippen LogP contribution in [-0.2, 0) is 0 Å². The fourth-order valence-corrected chi connectivity index (χ4v) is 2.20. The zero-order chi connectivity index (χ0) is 11.6. The smallest absolute Gasteiger partial charge is 0.0109 e. The third kappa shape index (κ3) is 3.76. The molecular weight excluding hydrogens is 184 g/mol. The number of hydrogen-bond acceptors (Lipinski definition) is 2. The summed E-state index contributed by atoms with van der Waals surface area (Å²) in [6, 6.07) is 0.842. The van der Waals surface area contributed by atoms with Crippen LogP contribution in [0.5, 0.6) is 0 Å². The lowest BCUT2D eigenvalue weighted by Gasteiger charge is -2.47. The van der Waals surface area contributed by atoms with Gasteiger partial charge in [-0.05, 0) is 45.3 Å². The molecule has 0 bridgehead atoms. The predicted octanol–water partition coefficient (Wildman–Crippen LogP) is 2.30. The van der Waals surface area contributed by atoms with Gasteiger partial charge in [0.05, 0.1) is 0 Å². The molecule has 1 saturated carbocycles. The average molecular weight is 212 g/mol. The predicted molar refractivity (Wildman–Crippen MR) is 67.2 cm³/mol. The lowest BCUT2D eigenvalue weighted by atomic mass is 9.65. The highest BCUT2D eigenvalue weighted by Gasteiger charge is 2.38. The molecule has 0 amide bonds. The van der Waals surface area contributed by atoms with Crippen molar-refractivity contribution in [2.75, 3.05) is 34.2 Å². The van der Waals surface area contributed by atoms with E-state index in [9.17, 15) is 0 Å². The Hall–Kier alpha value is -0.0800. The van der Waals surface area contributed by atoms with Crippen molar-refractivity contribution < 1.29 is 0 Å². The monoisotopic (exact) mass is 212 g/mol. The molecule has 0 saturated heterocycles. The van der Waals surface area contributed by atoms with E-state index in [1.807, 2.05) is 0 Å². The van der Waals surface area contributed by atoms with E-state index >= 15 is 0 Å². The van der Waals surface area contributed by atoms with Gasteiger partial charge in [-0.15, -0.1) is 0 Å². The van der Waals surface area contributed by atoms with Gasteiger partial charge in [0.1, 0.15) is 0 Å². The highest BCUT2D eigenvalue weighted by molar-refractivity contribution is 4.91. The number of rotatable bonds is 4. The quantitative estimate of drug-likeness (QED) is 0.705. The van der Waals surface area contributed by atoms with E-state index in [4.69, 9.17) is 0 Å². The fourth-order valence-electron chi connectivity index (χ4n) is 2.20. The first-order valence-corrected chi connectivity index (χ1v) is 6.15. The van der Waals surface area contributed by atoms with Crippen LogP contribution >= 0.6 is 0 Å². The van der Waals surface area contributed by atoms with E-state index in [-0.39, 0.29) is 0 Å². The SMILES string of the molecule is CN(C)CCN(C)C1CC(C(C)(C)C)C1. The molecule has 2 heteroatoms. The molecule has 2 nitrogen and oxygen atoms in total. The largest absolute Gasteiger partial charge is 0.308 e. The van der Waals surface area contributed by atoms with Gasteiger partial charge in [0, 0.05) is 19.1 Å². The first kappa shape index (κ1) is 13.0. The highest BCUT2D eigenvalue weighted by atomic mass is 15.2. The van der Waals surface area contributed by atoms with Gasteiger partial charge >= 0.3 is 0 Å². The van der Waals surface area contributed by atoms with E-state index in [0.717, 1.165) is 12.0 Å². The van der Waals surface area contributed by atoms with Crippen LogP contribution < -0.4 is 0 Å². The van der Waals surface area contributed by atoms with E-state index in [2.05, 4.69) is 51.7 Å². The molecule has 0 unspecified atom stereocenters. The molecule has 0 aliphatic heterocycles. The van der Waals surface area contributed by atoms with Gasteiger partial charge in [-0.3, -0.25) is 0 Å². The molecule has 0 aromatic carbocycles. The van der Waals surface area contributed by atoms with E-state index in [1.165, 1.54) is 25.9 Å². The Bertz CT molecular complexity index is 187. The van der Waals surface area contributed by atoms with Crippen molar-refractivity contribution in [3.63, 3.8) is 0 Å². The summed E-state index contributed by atoms with van der Waals surface area (Å²) in [6.07, 6.45) is 2.79. The fraction of sp³-hybridized carbons (Fsp3) is 1.00. The highest BCUT2D eigenvalue weighted by Crippen LogP contribution is 2.43. The van der Waals surface area contributed by atoms with Crippen LogP contribution in [0.2, 0.25) is 0 Å². The van der Waals surface area contributed by atoms with Gasteiger partial charge in [0.2, 0.25) is 0 Å². The molecule has 15 heavy (non-hydrogen) atoms. The summed E-state index contributed by atoms with van der Waals surface area (Å²) in [6.45, 7) is 9.48. The average Bonchev–Trinajstić information content (AvgIpc) is 1.94. The topological polar surface area (TPSA) is 6.48 Å². The molecule has 0 aromatic heterocycles. The van der Waals surface area contributed by atoms with Gasteiger partial charge < -0.3 is 9.80 Å². The summed E-state index contributed by atoms with van der Waals surface area (Å²) in [5.41, 5.74) is 0.513. The van der Waals surface area contributed by atoms with E-state index < -0.39 is 0 Å². The van der Waals surface area contributed by atoms with Crippen molar-refractivity contribution in [2.24, 2.45) is 11.3 Å². The van der Waals surface area contributed by atoms with Crippen molar-refractivity contribution >= 4 is 0 Å². The summed E-state index contributed by atoms with van der Waals surface area (Å²) < 4.78 is 0. The molecule has 1 rings (SSSR count). The standard InChI is InChI=1S/C13H28N2/c1-13(2,3)11-9-12(10-11)15(6)8-7-14(4)5/h11-12H,7-10H2,1-6H3. The van der Waals surface area contributed by atoms with Crippen LogP contribution in [-0.4, -0.2) is 50.1 Å². The summed E-state index contributed by atoms with van der Waals surface area (Å²) in [7, 11) is 6.56. The van der Waals surface area contributed by atoms with Crippen LogP contribution in [0.25, 0.3) is 0 Å². The minimum absolute atomic E-state index is 0.513. The summed E-state index contributed by atoms with van der Waals surface area (Å²) in [5.74, 6) is 0.935. The molecular formula is C13H28N2. The van der Waals surface area contributed by atoms with Crippen molar-refractivity contribution in [2.45, 2.75) is 39.7 Å². The third-order valence-electron chi connectivity index (χ3n) is 3.86. The summed E-state index contributed by atoms with van der Waals surface area (Å²) >= 11 is 0. The number of likely N-dealkylation sites (N-methyl/N-ethyl adjacent to an activating group) is 2. The Labute approximate surface area is 95.6 Å². The maximum Gasteiger partial charge on any atom is 0.0109 e. The lowest BCUT2D eigenvalue weighted by molar-refractivity contribution is 0.0320. The third-order valence-corrected chi connectivity index (χ3v) is 3.86. The van der Waals surface area contributed by atoms with Crippen LogP contribution in [0.4, 0.5) is 0 Å². The molecule has 0 N–H and O–H groups in total. The van der Waals surface area contributed by atoms with Crippen LogP contribution in [0, 0.1) is 11.3 Å². The first-order valence-electron chi connectivity index (χ1n) is 6.15. The maximum atomic E-state index is 2.53. The maximum absolute atomic E-state index is 2.53. The Morgan fingerprint density at radius 3 is 1.93 bits per heavy atom. The van der Waals surface area contributed by atoms with Crippen molar-refractivity contribution in [1.29, 1.82) is 0 Å². The van der Waals surface area contributed by atoms with Crippen molar-refractivity contribution in [3.8, 4) is 0 Å². The number of hydrogen-bond donors (Lipinski definition) is 0. The van der Waals surface area contributed by atoms with E-state index in [0.29, 0.717) is 5.41 Å². The Kier molecular flexibility index (Phi) is 4.19. The zero-order valence-corrected chi connectivity index (χ0v) is 11.4. The molecule has 90 valence electrons. The zero-order valence-electron chi connectivity index (χ0n) is 11.4. The molecule has 1 aliphatic rings. The Balaban J connectivity index is 2.21. The minimum atomic E-state index is 0.513. The second-order valence-electron chi connectivity index (χ2n) is 6.47. The molecule has 0 heterocycles. The number of nitrogens with zero attached hydrogens (tertiary/aromatic N) is 2. The second kappa shape index (κ2) is 4.84. The van der Waals surface area contributed by atoms with E-state index in [1.54, 1.807) is 0 Å². The Morgan fingerprint density at radius 2 is 1.53 bits per heavy atom. The Morgan fingerprint density at radius 1 is 1.00 bits per heavy atom. The van der Waals surface area contributed by atoms with Gasteiger partial charge in [-0.1, -0.05) is 20.8 Å². The molecule has 0 aromatic rings. The molecule has 1 fully saturated rings. The van der Waals surface area contributed by atoms with Gasteiger partial charge in [0.25, 0.3) is 0 Å². The first-order chi connectivity index (χ1) is 6.80. The summed E-state index contributed by atoms with van der Waals surface area (Å²) in [4.78, 5) is 4.79. The van der Waals surface area contributed by atoms with Gasteiger partial charge in [-0.2, -0.15) is 0 Å². The van der Waals surface area contributed by atoms with Gasteiger partial charge in [-0.25, -0.2) is 0 Å². The molecule has 0 atom stereocenters. The van der Waals surface area contributed by atoms with Crippen LogP contribution in [0.15, 0.2) is 0 Å². The molecule has 0 radical (unpaired) electrons. The second-order valence-corrected chi connectivity index (χ2v) is 6.47. The molecule has 1 aliphatic carbocycles. The van der Waals surface area contributed by atoms with Gasteiger partial charge in [0.15, 0.2) is 0 Å². The normalized spacial score (nSPS) is 27.2. The van der Waals surface area contributed by atoms with Crippen LogP contribution in [0.3, 0.4) is 0 Å². The van der Waals surface area contributed by atoms with Crippen molar-refractivity contribution in [3.05, 3.63) is 0 Å². The summed E-state index contributed by atoms with van der Waals surface area (Å²) in [5, 5.41) is 0. The lowest BCUT2D eigenvalue weighted by Crippen LogP contribution is -2.48.